The van der Waals surface area contributed by atoms with Gasteiger partial charge in [-0.3, -0.25) is 0 Å². The molecule has 2 fully saturated rings. The van der Waals surface area contributed by atoms with Gasteiger partial charge in [-0.25, -0.2) is 0 Å². The molecule has 0 N–H and O–H groups in total. The standard InChI is InChI=1S/C17H24N4/c18-13-15-9-11-17(20-19-15)21-12-4-7-16(21)10-8-14-5-2-1-3-6-14/h9,11,14,16H,1-8,10,12H2. The van der Waals surface area contributed by atoms with E-state index < -0.39 is 0 Å². The van der Waals surface area contributed by atoms with E-state index in [2.05, 4.69) is 15.1 Å². The van der Waals surface area contributed by atoms with Gasteiger partial charge in [-0.2, -0.15) is 5.26 Å². The minimum Gasteiger partial charge on any atom is -0.352 e. The van der Waals surface area contributed by atoms with E-state index in [-0.39, 0.29) is 0 Å². The summed E-state index contributed by atoms with van der Waals surface area (Å²) in [4.78, 5) is 2.40. The van der Waals surface area contributed by atoms with E-state index in [9.17, 15) is 0 Å². The molecule has 1 aliphatic carbocycles. The summed E-state index contributed by atoms with van der Waals surface area (Å²) in [5.74, 6) is 1.90. The lowest BCUT2D eigenvalue weighted by molar-refractivity contribution is 0.323. The van der Waals surface area contributed by atoms with Crippen molar-refractivity contribution in [2.24, 2.45) is 5.92 Å². The molecule has 0 amide bonds. The second-order valence-corrected chi connectivity index (χ2v) is 6.46. The Morgan fingerprint density at radius 1 is 1.05 bits per heavy atom. The fourth-order valence-electron chi connectivity index (χ4n) is 3.88. The Labute approximate surface area is 127 Å². The van der Waals surface area contributed by atoms with Crippen molar-refractivity contribution >= 4 is 5.82 Å². The lowest BCUT2D eigenvalue weighted by atomic mass is 9.85. The van der Waals surface area contributed by atoms with Crippen LogP contribution < -0.4 is 4.90 Å². The Morgan fingerprint density at radius 2 is 1.90 bits per heavy atom. The van der Waals surface area contributed by atoms with Gasteiger partial charge in [-0.05, 0) is 43.7 Å². The largest absolute Gasteiger partial charge is 0.352 e. The van der Waals surface area contributed by atoms with Crippen LogP contribution in [0.1, 0.15) is 63.5 Å². The number of hydrogen-bond acceptors (Lipinski definition) is 4. The van der Waals surface area contributed by atoms with Crippen LogP contribution in [0.2, 0.25) is 0 Å². The smallest absolute Gasteiger partial charge is 0.163 e. The van der Waals surface area contributed by atoms with Gasteiger partial charge in [0, 0.05) is 12.6 Å². The normalized spacial score (nSPS) is 23.2. The van der Waals surface area contributed by atoms with Crippen molar-refractivity contribution in [1.82, 2.24) is 10.2 Å². The highest BCUT2D eigenvalue weighted by Gasteiger charge is 2.26. The lowest BCUT2D eigenvalue weighted by Crippen LogP contribution is -2.30. The minimum absolute atomic E-state index is 0.400. The van der Waals surface area contributed by atoms with Gasteiger partial charge < -0.3 is 4.90 Å². The molecule has 1 atom stereocenters. The van der Waals surface area contributed by atoms with E-state index in [1.165, 1.54) is 57.8 Å². The van der Waals surface area contributed by atoms with Gasteiger partial charge in [0.25, 0.3) is 0 Å². The SMILES string of the molecule is N#Cc1ccc(N2CCCC2CCC2CCCCC2)nn1. The van der Waals surface area contributed by atoms with E-state index in [0.29, 0.717) is 11.7 Å². The molecule has 21 heavy (non-hydrogen) atoms. The monoisotopic (exact) mass is 284 g/mol. The predicted molar refractivity (Wildman–Crippen MR) is 82.9 cm³/mol. The third kappa shape index (κ3) is 3.53. The summed E-state index contributed by atoms with van der Waals surface area (Å²) in [6.07, 6.45) is 12.3. The molecule has 0 radical (unpaired) electrons. The van der Waals surface area contributed by atoms with Gasteiger partial charge in [-0.1, -0.05) is 32.1 Å². The zero-order valence-electron chi connectivity index (χ0n) is 12.7. The number of hydrogen-bond donors (Lipinski definition) is 0. The van der Waals surface area contributed by atoms with Crippen molar-refractivity contribution in [2.45, 2.75) is 63.8 Å². The third-order valence-electron chi connectivity index (χ3n) is 5.07. The Hall–Kier alpha value is -1.63. The zero-order valence-corrected chi connectivity index (χ0v) is 12.7. The number of aromatic nitrogens is 2. The minimum atomic E-state index is 0.400. The average molecular weight is 284 g/mol. The Bertz CT molecular complexity index is 485. The summed E-state index contributed by atoms with van der Waals surface area (Å²) in [7, 11) is 0. The zero-order chi connectivity index (χ0) is 14.5. The Morgan fingerprint density at radius 3 is 2.62 bits per heavy atom. The first-order chi connectivity index (χ1) is 10.4. The molecule has 1 aliphatic heterocycles. The first kappa shape index (κ1) is 14.3. The van der Waals surface area contributed by atoms with Crippen LogP contribution in [-0.2, 0) is 0 Å². The summed E-state index contributed by atoms with van der Waals surface area (Å²) in [5, 5.41) is 17.0. The van der Waals surface area contributed by atoms with Gasteiger partial charge in [0.2, 0.25) is 0 Å². The van der Waals surface area contributed by atoms with Gasteiger partial charge >= 0.3 is 0 Å². The molecule has 4 nitrogen and oxygen atoms in total. The van der Waals surface area contributed by atoms with Crippen molar-refractivity contribution < 1.29 is 0 Å². The Kier molecular flexibility index (Phi) is 4.69. The highest BCUT2D eigenvalue weighted by Crippen LogP contribution is 2.32. The third-order valence-corrected chi connectivity index (χ3v) is 5.07. The topological polar surface area (TPSA) is 52.8 Å². The molecule has 0 bridgehead atoms. The molecule has 2 aliphatic rings. The van der Waals surface area contributed by atoms with E-state index in [0.717, 1.165) is 18.3 Å². The maximum absolute atomic E-state index is 8.81. The van der Waals surface area contributed by atoms with Crippen LogP contribution in [0, 0.1) is 17.2 Å². The second kappa shape index (κ2) is 6.89. The summed E-state index contributed by atoms with van der Waals surface area (Å²) in [6, 6.07) is 6.38. The lowest BCUT2D eigenvalue weighted by Gasteiger charge is -2.28. The van der Waals surface area contributed by atoms with Crippen LogP contribution in [0.4, 0.5) is 5.82 Å². The van der Waals surface area contributed by atoms with E-state index in [4.69, 9.17) is 5.26 Å². The highest BCUT2D eigenvalue weighted by atomic mass is 15.3. The van der Waals surface area contributed by atoms with E-state index in [1.54, 1.807) is 6.07 Å². The van der Waals surface area contributed by atoms with Crippen molar-refractivity contribution in [3.8, 4) is 6.07 Å². The quantitative estimate of drug-likeness (QED) is 0.846. The summed E-state index contributed by atoms with van der Waals surface area (Å²) in [5.41, 5.74) is 0.400. The second-order valence-electron chi connectivity index (χ2n) is 6.46. The average Bonchev–Trinajstić information content (AvgIpc) is 3.02. The molecular weight excluding hydrogens is 260 g/mol. The molecule has 1 saturated heterocycles. The summed E-state index contributed by atoms with van der Waals surface area (Å²) >= 11 is 0. The van der Waals surface area contributed by atoms with Crippen molar-refractivity contribution in [3.63, 3.8) is 0 Å². The molecule has 112 valence electrons. The van der Waals surface area contributed by atoms with Crippen LogP contribution in [-0.4, -0.2) is 22.8 Å². The fourth-order valence-corrected chi connectivity index (χ4v) is 3.88. The first-order valence-electron chi connectivity index (χ1n) is 8.37. The molecular formula is C17H24N4. The Balaban J connectivity index is 1.58. The number of rotatable bonds is 4. The predicted octanol–water partition coefficient (Wildman–Crippen LogP) is 3.68. The molecule has 1 aromatic rings. The van der Waals surface area contributed by atoms with E-state index >= 15 is 0 Å². The van der Waals surface area contributed by atoms with Crippen LogP contribution in [0.25, 0.3) is 0 Å². The maximum Gasteiger partial charge on any atom is 0.163 e. The number of nitrogens with zero attached hydrogens (tertiary/aromatic N) is 4. The van der Waals surface area contributed by atoms with Crippen LogP contribution >= 0.6 is 0 Å². The van der Waals surface area contributed by atoms with Crippen LogP contribution in [0.5, 0.6) is 0 Å². The summed E-state index contributed by atoms with van der Waals surface area (Å²) < 4.78 is 0. The molecule has 4 heteroatoms. The van der Waals surface area contributed by atoms with Crippen LogP contribution in [0.15, 0.2) is 12.1 Å². The molecule has 3 rings (SSSR count). The maximum atomic E-state index is 8.81. The highest BCUT2D eigenvalue weighted by molar-refractivity contribution is 5.41. The number of anilines is 1. The van der Waals surface area contributed by atoms with E-state index in [1.807, 2.05) is 12.1 Å². The van der Waals surface area contributed by atoms with Gasteiger partial charge in [0.05, 0.1) is 0 Å². The van der Waals surface area contributed by atoms with Gasteiger partial charge in [-0.15, -0.1) is 10.2 Å². The van der Waals surface area contributed by atoms with Crippen molar-refractivity contribution in [3.05, 3.63) is 17.8 Å². The fraction of sp³-hybridized carbons (Fsp3) is 0.706. The first-order valence-corrected chi connectivity index (χ1v) is 8.37. The molecule has 1 unspecified atom stereocenters. The van der Waals surface area contributed by atoms with Crippen molar-refractivity contribution in [1.29, 1.82) is 5.26 Å². The van der Waals surface area contributed by atoms with Gasteiger partial charge in [0.15, 0.2) is 11.5 Å². The van der Waals surface area contributed by atoms with Crippen molar-refractivity contribution in [2.75, 3.05) is 11.4 Å². The molecule has 1 aromatic heterocycles. The number of nitriles is 1. The van der Waals surface area contributed by atoms with Crippen LogP contribution in [0.3, 0.4) is 0 Å². The molecule has 0 aromatic carbocycles. The molecule has 2 heterocycles. The summed E-state index contributed by atoms with van der Waals surface area (Å²) in [6.45, 7) is 1.08. The van der Waals surface area contributed by atoms with Gasteiger partial charge in [0.1, 0.15) is 6.07 Å². The molecule has 1 saturated carbocycles. The molecule has 0 spiro atoms.